The van der Waals surface area contributed by atoms with Crippen LogP contribution in [0.2, 0.25) is 10.0 Å². The van der Waals surface area contributed by atoms with E-state index < -0.39 is 28.6 Å². The Morgan fingerprint density at radius 2 is 1.76 bits per heavy atom. The summed E-state index contributed by atoms with van der Waals surface area (Å²) in [6.07, 6.45) is -0.313. The highest BCUT2D eigenvalue weighted by Gasteiger charge is 2.36. The minimum absolute atomic E-state index is 0.00394. The minimum atomic E-state index is -4.12. The highest BCUT2D eigenvalue weighted by molar-refractivity contribution is 7.89. The van der Waals surface area contributed by atoms with E-state index in [-0.39, 0.29) is 33.9 Å². The summed E-state index contributed by atoms with van der Waals surface area (Å²) >= 11 is 12.2. The highest BCUT2D eigenvalue weighted by atomic mass is 35.5. The fourth-order valence-corrected chi connectivity index (χ4v) is 6.25. The summed E-state index contributed by atoms with van der Waals surface area (Å²) in [5.41, 5.74) is 1.54. The van der Waals surface area contributed by atoms with Gasteiger partial charge in [0.25, 0.3) is 5.91 Å². The highest BCUT2D eigenvalue weighted by Crippen LogP contribution is 2.34. The zero-order valence-corrected chi connectivity index (χ0v) is 23.0. The predicted octanol–water partition coefficient (Wildman–Crippen LogP) is 4.16. The van der Waals surface area contributed by atoms with Crippen molar-refractivity contribution in [2.75, 3.05) is 31.1 Å². The lowest BCUT2D eigenvalue weighted by molar-refractivity contribution is -0.128. The van der Waals surface area contributed by atoms with Crippen molar-refractivity contribution in [1.82, 2.24) is 9.62 Å². The molecule has 0 radical (unpaired) electrons. The number of sulfonamides is 1. The first-order valence-corrected chi connectivity index (χ1v) is 14.2. The summed E-state index contributed by atoms with van der Waals surface area (Å²) in [6.45, 7) is 1.52. The Labute approximate surface area is 232 Å². The van der Waals surface area contributed by atoms with Gasteiger partial charge < -0.3 is 15.0 Å². The molecule has 0 aromatic heterocycles. The first-order chi connectivity index (χ1) is 18.2. The molecule has 0 spiro atoms. The van der Waals surface area contributed by atoms with E-state index in [2.05, 4.69) is 5.32 Å². The van der Waals surface area contributed by atoms with Crippen molar-refractivity contribution in [2.24, 2.45) is 0 Å². The number of para-hydroxylation sites is 2. The second kappa shape index (κ2) is 12.2. The molecule has 1 N–H and O–H groups in total. The SMILES string of the molecule is CCN(CC(=O)N1C[C@@H](C(=O)NCCc2ccccc2)Oc2ccccc21)S(=O)(=O)c1cc(Cl)ccc1Cl. The van der Waals surface area contributed by atoms with Gasteiger partial charge in [-0.2, -0.15) is 4.31 Å². The summed E-state index contributed by atoms with van der Waals surface area (Å²) in [5, 5.41) is 3.08. The average Bonchev–Trinajstić information content (AvgIpc) is 2.92. The zero-order chi connectivity index (χ0) is 27.3. The van der Waals surface area contributed by atoms with Gasteiger partial charge in [-0.15, -0.1) is 0 Å². The maximum Gasteiger partial charge on any atom is 0.262 e. The maximum absolute atomic E-state index is 13.5. The van der Waals surface area contributed by atoms with Gasteiger partial charge in [0.2, 0.25) is 15.9 Å². The third-order valence-electron chi connectivity index (χ3n) is 6.10. The van der Waals surface area contributed by atoms with Crippen LogP contribution < -0.4 is 15.0 Å². The van der Waals surface area contributed by atoms with Gasteiger partial charge in [-0.1, -0.05) is 72.6 Å². The Morgan fingerprint density at radius 1 is 1.05 bits per heavy atom. The fraction of sp³-hybridized carbons (Fsp3) is 0.259. The van der Waals surface area contributed by atoms with Crippen LogP contribution in [0.25, 0.3) is 0 Å². The topological polar surface area (TPSA) is 96.0 Å². The number of carbonyl (C=O) groups excluding carboxylic acids is 2. The lowest BCUT2D eigenvalue weighted by atomic mass is 10.1. The predicted molar refractivity (Wildman–Crippen MR) is 147 cm³/mol. The number of ether oxygens (including phenoxy) is 1. The average molecular weight is 577 g/mol. The quantitative estimate of drug-likeness (QED) is 0.413. The molecule has 3 aromatic rings. The minimum Gasteiger partial charge on any atom is -0.477 e. The van der Waals surface area contributed by atoms with E-state index in [4.69, 9.17) is 27.9 Å². The third kappa shape index (κ3) is 6.30. The number of carbonyl (C=O) groups is 2. The fourth-order valence-electron chi connectivity index (χ4n) is 4.11. The summed E-state index contributed by atoms with van der Waals surface area (Å²) in [5.74, 6) is -0.510. The van der Waals surface area contributed by atoms with Crippen LogP contribution in [0.5, 0.6) is 5.75 Å². The molecule has 0 saturated carbocycles. The molecule has 1 heterocycles. The number of nitrogens with one attached hydrogen (secondary N) is 1. The summed E-state index contributed by atoms with van der Waals surface area (Å²) < 4.78 is 33.6. The van der Waals surface area contributed by atoms with Gasteiger partial charge in [0.05, 0.1) is 23.8 Å². The normalized spacial score (nSPS) is 15.1. The summed E-state index contributed by atoms with van der Waals surface area (Å²) in [7, 11) is -4.12. The molecule has 11 heteroatoms. The number of nitrogens with zero attached hydrogens (tertiary/aromatic N) is 2. The number of anilines is 1. The number of fused-ring (bicyclic) bond motifs is 1. The Hall–Kier alpha value is -3.11. The zero-order valence-electron chi connectivity index (χ0n) is 20.6. The van der Waals surface area contributed by atoms with Gasteiger partial charge in [-0.05, 0) is 42.3 Å². The molecule has 8 nitrogen and oxygen atoms in total. The van der Waals surface area contributed by atoms with Crippen molar-refractivity contribution in [1.29, 1.82) is 0 Å². The Balaban J connectivity index is 1.50. The molecule has 0 fully saturated rings. The van der Waals surface area contributed by atoms with Crippen molar-refractivity contribution in [3.63, 3.8) is 0 Å². The van der Waals surface area contributed by atoms with E-state index in [9.17, 15) is 18.0 Å². The monoisotopic (exact) mass is 575 g/mol. The molecule has 4 rings (SSSR count). The molecule has 200 valence electrons. The Morgan fingerprint density at radius 3 is 2.50 bits per heavy atom. The van der Waals surface area contributed by atoms with Crippen molar-refractivity contribution in [3.05, 3.63) is 88.4 Å². The van der Waals surface area contributed by atoms with Crippen LogP contribution in [0.1, 0.15) is 12.5 Å². The Kier molecular flexibility index (Phi) is 8.94. The van der Waals surface area contributed by atoms with Crippen molar-refractivity contribution < 1.29 is 22.7 Å². The van der Waals surface area contributed by atoms with Crippen LogP contribution in [-0.2, 0) is 26.0 Å². The Bertz CT molecular complexity index is 1420. The first-order valence-electron chi connectivity index (χ1n) is 12.0. The van der Waals surface area contributed by atoms with E-state index in [1.165, 1.54) is 23.1 Å². The molecule has 3 aromatic carbocycles. The number of benzene rings is 3. The van der Waals surface area contributed by atoms with E-state index >= 15 is 0 Å². The number of likely N-dealkylation sites (N-methyl/N-ethyl adjacent to an activating group) is 1. The molecule has 1 aliphatic rings. The van der Waals surface area contributed by atoms with Gasteiger partial charge in [-0.25, -0.2) is 8.42 Å². The van der Waals surface area contributed by atoms with Crippen molar-refractivity contribution in [3.8, 4) is 5.75 Å². The van der Waals surface area contributed by atoms with E-state index in [1.807, 2.05) is 30.3 Å². The van der Waals surface area contributed by atoms with E-state index in [0.29, 0.717) is 24.4 Å². The third-order valence-corrected chi connectivity index (χ3v) is 8.74. The smallest absolute Gasteiger partial charge is 0.262 e. The lowest BCUT2D eigenvalue weighted by Gasteiger charge is -2.35. The van der Waals surface area contributed by atoms with Crippen molar-refractivity contribution >= 4 is 50.7 Å². The van der Waals surface area contributed by atoms with Crippen LogP contribution in [0.3, 0.4) is 0 Å². The molecule has 0 saturated heterocycles. The van der Waals surface area contributed by atoms with Crippen LogP contribution in [0, 0.1) is 0 Å². The van der Waals surface area contributed by atoms with Gasteiger partial charge in [0.15, 0.2) is 6.10 Å². The van der Waals surface area contributed by atoms with Crippen LogP contribution in [-0.4, -0.2) is 56.8 Å². The van der Waals surface area contributed by atoms with E-state index in [1.54, 1.807) is 31.2 Å². The first kappa shape index (κ1) is 27.9. The number of halogens is 2. The van der Waals surface area contributed by atoms with Crippen LogP contribution in [0.4, 0.5) is 5.69 Å². The maximum atomic E-state index is 13.5. The largest absolute Gasteiger partial charge is 0.477 e. The molecule has 38 heavy (non-hydrogen) atoms. The van der Waals surface area contributed by atoms with Crippen LogP contribution in [0.15, 0.2) is 77.7 Å². The molecule has 0 bridgehead atoms. The molecule has 0 unspecified atom stereocenters. The molecule has 2 amide bonds. The van der Waals surface area contributed by atoms with Gasteiger partial charge in [-0.3, -0.25) is 9.59 Å². The molecular weight excluding hydrogens is 549 g/mol. The van der Waals surface area contributed by atoms with Crippen LogP contribution >= 0.6 is 23.2 Å². The molecule has 1 aliphatic heterocycles. The number of hydrogen-bond donors (Lipinski definition) is 1. The number of amides is 2. The number of hydrogen-bond acceptors (Lipinski definition) is 5. The van der Waals surface area contributed by atoms with Gasteiger partial charge in [0.1, 0.15) is 10.6 Å². The summed E-state index contributed by atoms with van der Waals surface area (Å²) in [4.78, 5) is 27.7. The molecule has 1 atom stereocenters. The number of rotatable bonds is 9. The van der Waals surface area contributed by atoms with E-state index in [0.717, 1.165) is 9.87 Å². The second-order valence-corrected chi connectivity index (χ2v) is 11.4. The standard InChI is InChI=1S/C27H27Cl2N3O5S/c1-2-31(38(35,36)25-16-20(28)12-13-21(25)29)18-26(33)32-17-24(37-23-11-7-6-10-22(23)32)27(34)30-15-14-19-8-4-3-5-9-19/h3-13,16,24H,2,14-15,17-18H2,1H3,(H,30,34)/t24-/m0/s1. The van der Waals surface area contributed by atoms with Crippen molar-refractivity contribution in [2.45, 2.75) is 24.3 Å². The van der Waals surface area contributed by atoms with Gasteiger partial charge in [0, 0.05) is 18.1 Å². The molecule has 0 aliphatic carbocycles. The second-order valence-electron chi connectivity index (χ2n) is 8.61. The van der Waals surface area contributed by atoms with Gasteiger partial charge >= 0.3 is 0 Å². The summed E-state index contributed by atoms with van der Waals surface area (Å²) in [6, 6.07) is 20.7. The molecular formula is C27H27Cl2N3O5S. The lowest BCUT2D eigenvalue weighted by Crippen LogP contribution is -2.53.